The van der Waals surface area contributed by atoms with Crippen molar-refractivity contribution in [3.63, 3.8) is 0 Å². The average molecular weight is 282 g/mol. The smallest absolute Gasteiger partial charge is 0.184 e. The molecule has 6 heteroatoms. The van der Waals surface area contributed by atoms with Gasteiger partial charge in [-0.1, -0.05) is 30.3 Å². The zero-order valence-corrected chi connectivity index (χ0v) is 10.8. The monoisotopic (exact) mass is 282 g/mol. The van der Waals surface area contributed by atoms with Crippen LogP contribution in [0.4, 0.5) is 0 Å². The van der Waals surface area contributed by atoms with E-state index in [0.29, 0.717) is 0 Å². The Balaban J connectivity index is 1.82. The molecule has 0 spiro atoms. The number of hydrogen-bond acceptors (Lipinski definition) is 6. The van der Waals surface area contributed by atoms with Crippen LogP contribution in [0.1, 0.15) is 18.3 Å². The zero-order chi connectivity index (χ0) is 14.3. The van der Waals surface area contributed by atoms with Gasteiger partial charge in [0.05, 0.1) is 12.7 Å². The number of hydrogen-bond donors (Lipinski definition) is 4. The van der Waals surface area contributed by atoms with Crippen LogP contribution in [0.3, 0.4) is 0 Å². The van der Waals surface area contributed by atoms with Gasteiger partial charge in [0.1, 0.15) is 23.9 Å². The highest BCUT2D eigenvalue weighted by Crippen LogP contribution is 2.39. The first-order valence-corrected chi connectivity index (χ1v) is 6.60. The lowest BCUT2D eigenvalue weighted by molar-refractivity contribution is -0.340. The standard InChI is InChI=1S/C14H18O6/c15-9-6-14(18)7-19-13(8-4-2-1-3-5-8)20-12(14)11(17)10(9)16/h1-5,9-13,15-18H,6-7H2/t9-,10+,11-,12+,13-,14+/m1/s1. The molecule has 3 rings (SSSR count). The Hall–Kier alpha value is -1.02. The van der Waals surface area contributed by atoms with Crippen LogP contribution >= 0.6 is 0 Å². The van der Waals surface area contributed by atoms with E-state index < -0.39 is 36.3 Å². The fourth-order valence-electron chi connectivity index (χ4n) is 2.85. The van der Waals surface area contributed by atoms with E-state index in [1.165, 1.54) is 0 Å². The van der Waals surface area contributed by atoms with E-state index in [0.717, 1.165) is 5.56 Å². The molecule has 0 unspecified atom stereocenters. The van der Waals surface area contributed by atoms with Gasteiger partial charge in [0.15, 0.2) is 6.29 Å². The van der Waals surface area contributed by atoms with Crippen LogP contribution in [0.25, 0.3) is 0 Å². The minimum atomic E-state index is -1.50. The van der Waals surface area contributed by atoms with E-state index in [1.54, 1.807) is 0 Å². The highest BCUT2D eigenvalue weighted by molar-refractivity contribution is 5.17. The Morgan fingerprint density at radius 2 is 1.75 bits per heavy atom. The summed E-state index contributed by atoms with van der Waals surface area (Å²) in [6.07, 6.45) is -5.71. The first-order chi connectivity index (χ1) is 9.51. The van der Waals surface area contributed by atoms with E-state index in [2.05, 4.69) is 0 Å². The molecule has 6 atom stereocenters. The van der Waals surface area contributed by atoms with Crippen molar-refractivity contribution in [2.24, 2.45) is 0 Å². The van der Waals surface area contributed by atoms with Crippen molar-refractivity contribution in [1.82, 2.24) is 0 Å². The Labute approximate surface area is 116 Å². The SMILES string of the molecule is O[C@@H]1[C@@H](O)[C@@H]2O[C@H](c3ccccc3)OC[C@@]2(O)C[C@H]1O. The minimum Gasteiger partial charge on any atom is -0.390 e. The van der Waals surface area contributed by atoms with Crippen LogP contribution in [0.15, 0.2) is 30.3 Å². The quantitative estimate of drug-likeness (QED) is 0.544. The zero-order valence-electron chi connectivity index (χ0n) is 10.8. The molecule has 1 saturated carbocycles. The first kappa shape index (κ1) is 13.9. The first-order valence-electron chi connectivity index (χ1n) is 6.60. The van der Waals surface area contributed by atoms with Crippen LogP contribution in [-0.4, -0.2) is 57.0 Å². The van der Waals surface area contributed by atoms with Crippen molar-refractivity contribution in [3.05, 3.63) is 35.9 Å². The van der Waals surface area contributed by atoms with Gasteiger partial charge in [0.2, 0.25) is 0 Å². The van der Waals surface area contributed by atoms with Crippen molar-refractivity contribution < 1.29 is 29.9 Å². The van der Waals surface area contributed by atoms with Gasteiger partial charge in [0.25, 0.3) is 0 Å². The van der Waals surface area contributed by atoms with E-state index in [9.17, 15) is 20.4 Å². The molecular weight excluding hydrogens is 264 g/mol. The summed E-state index contributed by atoms with van der Waals surface area (Å²) in [5, 5.41) is 39.8. The maximum atomic E-state index is 10.4. The van der Waals surface area contributed by atoms with Crippen molar-refractivity contribution in [3.8, 4) is 0 Å². The lowest BCUT2D eigenvalue weighted by Gasteiger charge is -2.50. The molecule has 0 bridgehead atoms. The molecular formula is C14H18O6. The van der Waals surface area contributed by atoms with Crippen molar-refractivity contribution in [1.29, 1.82) is 0 Å². The predicted octanol–water partition coefficient (Wildman–Crippen LogP) is -0.682. The highest BCUT2D eigenvalue weighted by atomic mass is 16.7. The molecule has 1 saturated heterocycles. The molecule has 6 nitrogen and oxygen atoms in total. The molecule has 2 aliphatic rings. The van der Waals surface area contributed by atoms with Crippen molar-refractivity contribution in [2.75, 3.05) is 6.61 Å². The largest absolute Gasteiger partial charge is 0.390 e. The molecule has 1 aliphatic carbocycles. The lowest BCUT2D eigenvalue weighted by atomic mass is 9.77. The molecule has 20 heavy (non-hydrogen) atoms. The molecule has 110 valence electrons. The molecule has 0 radical (unpaired) electrons. The maximum Gasteiger partial charge on any atom is 0.184 e. The van der Waals surface area contributed by atoms with Crippen molar-refractivity contribution in [2.45, 2.75) is 42.7 Å². The highest BCUT2D eigenvalue weighted by Gasteiger charge is 2.55. The summed E-state index contributed by atoms with van der Waals surface area (Å²) in [5.74, 6) is 0. The Morgan fingerprint density at radius 1 is 1.05 bits per heavy atom. The van der Waals surface area contributed by atoms with Gasteiger partial charge in [-0.25, -0.2) is 0 Å². The van der Waals surface area contributed by atoms with Gasteiger partial charge in [-0.15, -0.1) is 0 Å². The fraction of sp³-hybridized carbons (Fsp3) is 0.571. The third-order valence-corrected chi connectivity index (χ3v) is 3.97. The molecule has 4 N–H and O–H groups in total. The topological polar surface area (TPSA) is 99.4 Å². The Kier molecular flexibility index (Phi) is 3.53. The summed E-state index contributed by atoms with van der Waals surface area (Å²) < 4.78 is 11.1. The molecule has 1 heterocycles. The normalized spacial score (nSPS) is 44.9. The molecule has 1 aromatic carbocycles. The number of aliphatic hydroxyl groups is 4. The lowest BCUT2D eigenvalue weighted by Crippen LogP contribution is -2.67. The number of benzene rings is 1. The van der Waals surface area contributed by atoms with E-state index in [1.807, 2.05) is 30.3 Å². The van der Waals surface area contributed by atoms with Gasteiger partial charge in [-0.05, 0) is 0 Å². The van der Waals surface area contributed by atoms with Crippen LogP contribution < -0.4 is 0 Å². The van der Waals surface area contributed by atoms with Gasteiger partial charge >= 0.3 is 0 Å². The summed E-state index contributed by atoms with van der Waals surface area (Å²) in [4.78, 5) is 0. The number of rotatable bonds is 1. The maximum absolute atomic E-state index is 10.4. The summed E-state index contributed by atoms with van der Waals surface area (Å²) >= 11 is 0. The summed E-state index contributed by atoms with van der Waals surface area (Å²) in [6, 6.07) is 9.15. The molecule has 0 aromatic heterocycles. The van der Waals surface area contributed by atoms with Crippen LogP contribution in [0, 0.1) is 0 Å². The van der Waals surface area contributed by atoms with Crippen molar-refractivity contribution >= 4 is 0 Å². The minimum absolute atomic E-state index is 0.0714. The summed E-state index contributed by atoms with van der Waals surface area (Å²) in [6.45, 7) is -0.0714. The average Bonchev–Trinajstić information content (AvgIpc) is 2.45. The van der Waals surface area contributed by atoms with Crippen LogP contribution in [-0.2, 0) is 9.47 Å². The van der Waals surface area contributed by atoms with Crippen LogP contribution in [0.2, 0.25) is 0 Å². The van der Waals surface area contributed by atoms with Crippen LogP contribution in [0.5, 0.6) is 0 Å². The van der Waals surface area contributed by atoms with E-state index in [4.69, 9.17) is 9.47 Å². The predicted molar refractivity (Wildman–Crippen MR) is 67.6 cm³/mol. The second-order valence-electron chi connectivity index (χ2n) is 5.47. The van der Waals surface area contributed by atoms with E-state index in [-0.39, 0.29) is 13.0 Å². The summed E-state index contributed by atoms with van der Waals surface area (Å²) in [7, 11) is 0. The third kappa shape index (κ3) is 2.24. The Bertz CT molecular complexity index is 466. The Morgan fingerprint density at radius 3 is 2.45 bits per heavy atom. The van der Waals surface area contributed by atoms with Gasteiger partial charge in [-0.3, -0.25) is 0 Å². The van der Waals surface area contributed by atoms with E-state index >= 15 is 0 Å². The summed E-state index contributed by atoms with van der Waals surface area (Å²) in [5.41, 5.74) is -0.731. The molecule has 1 aliphatic heterocycles. The second kappa shape index (κ2) is 5.07. The number of aliphatic hydroxyl groups excluding tert-OH is 3. The van der Waals surface area contributed by atoms with Gasteiger partial charge in [-0.2, -0.15) is 0 Å². The second-order valence-corrected chi connectivity index (χ2v) is 5.47. The number of ether oxygens (including phenoxy) is 2. The van der Waals surface area contributed by atoms with Gasteiger partial charge in [0, 0.05) is 12.0 Å². The molecule has 2 fully saturated rings. The number of fused-ring (bicyclic) bond motifs is 1. The fourth-order valence-corrected chi connectivity index (χ4v) is 2.85. The third-order valence-electron chi connectivity index (χ3n) is 3.97. The molecule has 0 amide bonds. The molecule has 1 aromatic rings. The van der Waals surface area contributed by atoms with Gasteiger partial charge < -0.3 is 29.9 Å².